The van der Waals surface area contributed by atoms with Crippen molar-refractivity contribution in [2.24, 2.45) is 5.92 Å². The number of benzene rings is 2. The monoisotopic (exact) mass is 480 g/mol. The lowest BCUT2D eigenvalue weighted by Gasteiger charge is -2.23. The summed E-state index contributed by atoms with van der Waals surface area (Å²) in [4.78, 5) is 36.9. The van der Waals surface area contributed by atoms with E-state index in [-0.39, 0.29) is 24.9 Å². The first kappa shape index (κ1) is 26.3. The first-order valence-corrected chi connectivity index (χ1v) is 12.5. The number of hydrogen-bond donors (Lipinski definition) is 3. The molecule has 188 valence electrons. The number of carboxylic acids is 1. The van der Waals surface area contributed by atoms with Crippen molar-refractivity contribution in [2.45, 2.75) is 70.9 Å². The van der Waals surface area contributed by atoms with E-state index >= 15 is 0 Å². The molecule has 2 aromatic rings. The maximum absolute atomic E-state index is 12.7. The Balaban J connectivity index is 1.61. The van der Waals surface area contributed by atoms with Crippen molar-refractivity contribution in [2.75, 3.05) is 6.61 Å². The van der Waals surface area contributed by atoms with Crippen molar-refractivity contribution in [1.29, 1.82) is 0 Å². The minimum Gasteiger partial charge on any atom is -0.480 e. The van der Waals surface area contributed by atoms with E-state index in [4.69, 9.17) is 4.74 Å². The van der Waals surface area contributed by atoms with Gasteiger partial charge in [0.25, 0.3) is 0 Å². The summed E-state index contributed by atoms with van der Waals surface area (Å²) in [5.41, 5.74) is 4.58. The van der Waals surface area contributed by atoms with E-state index < -0.39 is 30.1 Å². The molecule has 35 heavy (non-hydrogen) atoms. The maximum Gasteiger partial charge on any atom is 0.407 e. The molecule has 1 aliphatic rings. The topological polar surface area (TPSA) is 105 Å². The number of carboxylic acid groups (broad SMARTS) is 1. The van der Waals surface area contributed by atoms with E-state index in [1.54, 1.807) is 6.92 Å². The first-order valence-electron chi connectivity index (χ1n) is 12.5. The SMILES string of the molecule is CCCC[C@H](CC(=O)NC(C(=O)O)C(C)CC)NC(=O)OCC1c2ccccc2-c2ccccc21. The van der Waals surface area contributed by atoms with Gasteiger partial charge in [0.15, 0.2) is 0 Å². The molecule has 2 unspecified atom stereocenters. The smallest absolute Gasteiger partial charge is 0.407 e. The Morgan fingerprint density at radius 1 is 0.971 bits per heavy atom. The second kappa shape index (κ2) is 12.4. The van der Waals surface area contributed by atoms with Crippen molar-refractivity contribution in [3.05, 3.63) is 59.7 Å². The van der Waals surface area contributed by atoms with E-state index in [1.165, 1.54) is 0 Å². The fraction of sp³-hybridized carbons (Fsp3) is 0.464. The third-order valence-electron chi connectivity index (χ3n) is 6.80. The molecule has 0 bridgehead atoms. The number of aliphatic carboxylic acids is 1. The summed E-state index contributed by atoms with van der Waals surface area (Å²) >= 11 is 0. The van der Waals surface area contributed by atoms with Crippen LogP contribution in [0.3, 0.4) is 0 Å². The molecule has 7 nitrogen and oxygen atoms in total. The Labute approximate surface area is 207 Å². The average Bonchev–Trinajstić information content (AvgIpc) is 3.17. The van der Waals surface area contributed by atoms with Crippen LogP contribution >= 0.6 is 0 Å². The molecular weight excluding hydrogens is 444 g/mol. The molecule has 0 radical (unpaired) electrons. The fourth-order valence-corrected chi connectivity index (χ4v) is 4.62. The number of amides is 2. The van der Waals surface area contributed by atoms with Crippen molar-refractivity contribution in [3.8, 4) is 11.1 Å². The maximum atomic E-state index is 12.7. The molecule has 0 saturated heterocycles. The number of rotatable bonds is 12. The molecular formula is C28H36N2O5. The van der Waals surface area contributed by atoms with Gasteiger partial charge in [-0.15, -0.1) is 0 Å². The van der Waals surface area contributed by atoms with Crippen molar-refractivity contribution in [3.63, 3.8) is 0 Å². The quantitative estimate of drug-likeness (QED) is 0.392. The van der Waals surface area contributed by atoms with Crippen LogP contribution < -0.4 is 10.6 Å². The van der Waals surface area contributed by atoms with E-state index in [9.17, 15) is 19.5 Å². The zero-order chi connectivity index (χ0) is 25.4. The van der Waals surface area contributed by atoms with Gasteiger partial charge in [-0.2, -0.15) is 0 Å². The molecule has 0 heterocycles. The minimum absolute atomic E-state index is 0.00437. The number of nitrogens with one attached hydrogen (secondary N) is 2. The number of fused-ring (bicyclic) bond motifs is 3. The highest BCUT2D eigenvalue weighted by Crippen LogP contribution is 2.44. The summed E-state index contributed by atoms with van der Waals surface area (Å²) < 4.78 is 5.63. The Hall–Kier alpha value is -3.35. The third-order valence-corrected chi connectivity index (χ3v) is 6.80. The van der Waals surface area contributed by atoms with E-state index in [2.05, 4.69) is 34.9 Å². The normalized spacial score (nSPS) is 14.8. The van der Waals surface area contributed by atoms with Crippen LogP contribution in [-0.4, -0.2) is 41.8 Å². The molecule has 3 N–H and O–H groups in total. The van der Waals surface area contributed by atoms with Gasteiger partial charge in [0, 0.05) is 18.4 Å². The summed E-state index contributed by atoms with van der Waals surface area (Å²) in [5, 5.41) is 14.9. The van der Waals surface area contributed by atoms with Gasteiger partial charge in [0.1, 0.15) is 12.6 Å². The average molecular weight is 481 g/mol. The Kier molecular flexibility index (Phi) is 9.29. The summed E-state index contributed by atoms with van der Waals surface area (Å²) in [6.07, 6.45) is 2.41. The van der Waals surface area contributed by atoms with Crippen molar-refractivity contribution < 1.29 is 24.2 Å². The van der Waals surface area contributed by atoms with Gasteiger partial charge < -0.3 is 20.5 Å². The molecule has 3 atom stereocenters. The number of unbranched alkanes of at least 4 members (excludes halogenated alkanes) is 1. The zero-order valence-corrected chi connectivity index (χ0v) is 20.8. The Bertz CT molecular complexity index is 992. The number of carbonyl (C=O) groups is 3. The number of carbonyl (C=O) groups excluding carboxylic acids is 2. The highest BCUT2D eigenvalue weighted by molar-refractivity contribution is 5.84. The van der Waals surface area contributed by atoms with Crippen LogP contribution in [-0.2, 0) is 14.3 Å². The van der Waals surface area contributed by atoms with Gasteiger partial charge in [0.05, 0.1) is 0 Å². The molecule has 0 spiro atoms. The first-order chi connectivity index (χ1) is 16.8. The minimum atomic E-state index is -1.05. The number of hydrogen-bond acceptors (Lipinski definition) is 4. The van der Waals surface area contributed by atoms with Crippen LogP contribution in [0.15, 0.2) is 48.5 Å². The standard InChI is InChI=1S/C28H36N2O5/c1-4-6-11-19(16-25(31)30-26(27(32)33)18(3)5-2)29-28(34)35-17-24-22-14-9-7-12-20(22)21-13-8-10-15-23(21)24/h7-10,12-15,18-19,24,26H,4-6,11,16-17H2,1-3H3,(H,29,34)(H,30,31)(H,32,33)/t18?,19-,26?/m1/s1. The predicted molar refractivity (Wildman–Crippen MR) is 135 cm³/mol. The molecule has 2 amide bonds. The Morgan fingerprint density at radius 2 is 1.57 bits per heavy atom. The van der Waals surface area contributed by atoms with E-state index in [0.29, 0.717) is 12.8 Å². The summed E-state index contributed by atoms with van der Waals surface area (Å²) in [6, 6.07) is 14.9. The molecule has 2 aromatic carbocycles. The second-order valence-corrected chi connectivity index (χ2v) is 9.28. The highest BCUT2D eigenvalue weighted by atomic mass is 16.5. The van der Waals surface area contributed by atoms with Crippen LogP contribution in [0.1, 0.15) is 69.9 Å². The molecule has 3 rings (SSSR count). The van der Waals surface area contributed by atoms with Crippen LogP contribution in [0.25, 0.3) is 11.1 Å². The predicted octanol–water partition coefficient (Wildman–Crippen LogP) is 5.09. The van der Waals surface area contributed by atoms with Crippen molar-refractivity contribution in [1.82, 2.24) is 10.6 Å². The van der Waals surface area contributed by atoms with Gasteiger partial charge in [-0.3, -0.25) is 4.79 Å². The molecule has 0 fully saturated rings. The lowest BCUT2D eigenvalue weighted by molar-refractivity contribution is -0.143. The number of alkyl carbamates (subject to hydrolysis) is 1. The highest BCUT2D eigenvalue weighted by Gasteiger charge is 2.30. The fourth-order valence-electron chi connectivity index (χ4n) is 4.62. The van der Waals surface area contributed by atoms with Gasteiger partial charge >= 0.3 is 12.1 Å². The lowest BCUT2D eigenvalue weighted by Crippen LogP contribution is -2.47. The summed E-state index contributed by atoms with van der Waals surface area (Å²) in [5.74, 6) is -1.68. The summed E-state index contributed by atoms with van der Waals surface area (Å²) in [7, 11) is 0. The van der Waals surface area contributed by atoms with Crippen LogP contribution in [0.2, 0.25) is 0 Å². The molecule has 0 saturated carbocycles. The van der Waals surface area contributed by atoms with Crippen LogP contribution in [0.5, 0.6) is 0 Å². The largest absolute Gasteiger partial charge is 0.480 e. The zero-order valence-electron chi connectivity index (χ0n) is 20.8. The van der Waals surface area contributed by atoms with Gasteiger partial charge in [-0.25, -0.2) is 9.59 Å². The van der Waals surface area contributed by atoms with E-state index in [0.717, 1.165) is 35.1 Å². The molecule has 0 aromatic heterocycles. The molecule has 7 heteroatoms. The Morgan fingerprint density at radius 3 is 2.11 bits per heavy atom. The van der Waals surface area contributed by atoms with E-state index in [1.807, 2.05) is 38.1 Å². The lowest BCUT2D eigenvalue weighted by atomic mass is 9.98. The van der Waals surface area contributed by atoms with Crippen molar-refractivity contribution >= 4 is 18.0 Å². The summed E-state index contributed by atoms with van der Waals surface area (Å²) in [6.45, 7) is 5.91. The van der Waals surface area contributed by atoms with Crippen LogP contribution in [0.4, 0.5) is 4.79 Å². The van der Waals surface area contributed by atoms with Gasteiger partial charge in [0.2, 0.25) is 5.91 Å². The van der Waals surface area contributed by atoms with Crippen LogP contribution in [0, 0.1) is 5.92 Å². The van der Waals surface area contributed by atoms with Gasteiger partial charge in [-0.05, 0) is 34.6 Å². The second-order valence-electron chi connectivity index (χ2n) is 9.28. The van der Waals surface area contributed by atoms with Gasteiger partial charge in [-0.1, -0.05) is 88.6 Å². The number of ether oxygens (including phenoxy) is 1. The molecule has 1 aliphatic carbocycles. The molecule has 0 aliphatic heterocycles. The third kappa shape index (κ3) is 6.62.